The molecule has 0 aromatic heterocycles. The van der Waals surface area contributed by atoms with Gasteiger partial charge in [0, 0.05) is 0 Å². The molecule has 1 unspecified atom stereocenters. The van der Waals surface area contributed by atoms with Crippen LogP contribution >= 0.6 is 0 Å². The molecule has 0 aliphatic heterocycles. The molecule has 0 saturated heterocycles. The van der Waals surface area contributed by atoms with Crippen LogP contribution in [0.4, 0.5) is 0 Å². The van der Waals surface area contributed by atoms with Crippen LogP contribution in [0.5, 0.6) is 0 Å². The summed E-state index contributed by atoms with van der Waals surface area (Å²) in [6, 6.07) is 7.69. The summed E-state index contributed by atoms with van der Waals surface area (Å²) in [5.41, 5.74) is 1.20. The van der Waals surface area contributed by atoms with E-state index in [4.69, 9.17) is 0 Å². The van der Waals surface area contributed by atoms with Crippen molar-refractivity contribution in [1.82, 2.24) is 0 Å². The molecule has 0 heterocycles. The smallest absolute Gasteiger partial charge is 0.0840 e. The van der Waals surface area contributed by atoms with E-state index in [-0.39, 0.29) is 6.10 Å². The molecule has 1 aromatic carbocycles. The molecule has 0 spiro atoms. The van der Waals surface area contributed by atoms with Gasteiger partial charge in [-0.15, -0.1) is 0 Å². The Morgan fingerprint density at radius 1 is 1.21 bits per heavy atom. The van der Waals surface area contributed by atoms with Crippen molar-refractivity contribution in [2.24, 2.45) is 0 Å². The predicted molar refractivity (Wildman–Crippen MR) is 57.1 cm³/mol. The topological polar surface area (TPSA) is 40.5 Å². The summed E-state index contributed by atoms with van der Waals surface area (Å²) in [5.74, 6) is 0. The van der Waals surface area contributed by atoms with Crippen LogP contribution in [-0.4, -0.2) is 16.3 Å². The van der Waals surface area contributed by atoms with E-state index >= 15 is 0 Å². The highest BCUT2D eigenvalue weighted by Crippen LogP contribution is 2.19. The Balaban J connectivity index is 2.79. The number of benzene rings is 1. The minimum Gasteiger partial charge on any atom is -0.393 e. The summed E-state index contributed by atoms with van der Waals surface area (Å²) < 4.78 is 0. The van der Waals surface area contributed by atoms with Crippen molar-refractivity contribution in [3.05, 3.63) is 35.4 Å². The maximum atomic E-state index is 9.71. The summed E-state index contributed by atoms with van der Waals surface area (Å²) in [7, 11) is 0. The van der Waals surface area contributed by atoms with Gasteiger partial charge in [0.2, 0.25) is 0 Å². The molecule has 0 amide bonds. The number of aliphatic hydroxyl groups excluding tert-OH is 1. The van der Waals surface area contributed by atoms with E-state index in [0.29, 0.717) is 6.42 Å². The maximum absolute atomic E-state index is 9.71. The van der Waals surface area contributed by atoms with E-state index in [0.717, 1.165) is 11.1 Å². The SMILES string of the molecule is CC(O)Cc1ccc(C(C)(C)O)cc1. The van der Waals surface area contributed by atoms with Crippen LogP contribution in [0.1, 0.15) is 31.9 Å². The molecular formula is C12H18O2. The average Bonchev–Trinajstić information content (AvgIpc) is 2.02. The molecule has 0 radical (unpaired) electrons. The lowest BCUT2D eigenvalue weighted by Crippen LogP contribution is -2.15. The Bertz CT molecular complexity index is 280. The Hall–Kier alpha value is -0.860. The van der Waals surface area contributed by atoms with Gasteiger partial charge in [-0.05, 0) is 38.3 Å². The number of hydrogen-bond acceptors (Lipinski definition) is 2. The molecule has 0 saturated carbocycles. The van der Waals surface area contributed by atoms with Crippen molar-refractivity contribution in [2.45, 2.75) is 38.9 Å². The van der Waals surface area contributed by atoms with Crippen molar-refractivity contribution < 1.29 is 10.2 Å². The summed E-state index contributed by atoms with van der Waals surface area (Å²) in [6.45, 7) is 5.29. The maximum Gasteiger partial charge on any atom is 0.0840 e. The zero-order valence-electron chi connectivity index (χ0n) is 8.99. The van der Waals surface area contributed by atoms with Crippen molar-refractivity contribution in [2.75, 3.05) is 0 Å². The third-order valence-corrected chi connectivity index (χ3v) is 2.19. The Morgan fingerprint density at radius 2 is 1.71 bits per heavy atom. The summed E-state index contributed by atoms with van der Waals surface area (Å²) in [5, 5.41) is 18.9. The van der Waals surface area contributed by atoms with Gasteiger partial charge in [0.25, 0.3) is 0 Å². The molecule has 78 valence electrons. The van der Waals surface area contributed by atoms with Gasteiger partial charge in [0.05, 0.1) is 11.7 Å². The highest BCUT2D eigenvalue weighted by Gasteiger charge is 2.15. The summed E-state index contributed by atoms with van der Waals surface area (Å²) in [6.07, 6.45) is 0.342. The van der Waals surface area contributed by atoms with Gasteiger partial charge < -0.3 is 10.2 Å². The highest BCUT2D eigenvalue weighted by atomic mass is 16.3. The van der Waals surface area contributed by atoms with Gasteiger partial charge in [-0.25, -0.2) is 0 Å². The fourth-order valence-electron chi connectivity index (χ4n) is 1.39. The van der Waals surface area contributed by atoms with Crippen LogP contribution in [0.2, 0.25) is 0 Å². The van der Waals surface area contributed by atoms with Crippen LogP contribution in [-0.2, 0) is 12.0 Å². The zero-order valence-corrected chi connectivity index (χ0v) is 8.99. The van der Waals surface area contributed by atoms with Gasteiger partial charge in [-0.3, -0.25) is 0 Å². The van der Waals surface area contributed by atoms with Crippen LogP contribution in [0.15, 0.2) is 24.3 Å². The Kier molecular flexibility index (Phi) is 3.29. The Labute approximate surface area is 85.2 Å². The lowest BCUT2D eigenvalue weighted by molar-refractivity contribution is 0.0786. The van der Waals surface area contributed by atoms with Crippen LogP contribution in [0, 0.1) is 0 Å². The minimum atomic E-state index is -0.788. The monoisotopic (exact) mass is 194 g/mol. The van der Waals surface area contributed by atoms with Crippen molar-refractivity contribution in [3.63, 3.8) is 0 Å². The minimum absolute atomic E-state index is 0.317. The first-order chi connectivity index (χ1) is 6.39. The second-order valence-corrected chi connectivity index (χ2v) is 4.31. The average molecular weight is 194 g/mol. The fourth-order valence-corrected chi connectivity index (χ4v) is 1.39. The van der Waals surface area contributed by atoms with E-state index in [1.54, 1.807) is 20.8 Å². The first kappa shape index (κ1) is 11.2. The second-order valence-electron chi connectivity index (χ2n) is 4.31. The zero-order chi connectivity index (χ0) is 10.8. The molecule has 2 N–H and O–H groups in total. The van der Waals surface area contributed by atoms with E-state index in [9.17, 15) is 10.2 Å². The van der Waals surface area contributed by atoms with E-state index in [1.807, 2.05) is 24.3 Å². The van der Waals surface area contributed by atoms with Gasteiger partial charge in [-0.1, -0.05) is 24.3 Å². The lowest BCUT2D eigenvalue weighted by Gasteiger charge is -2.18. The largest absolute Gasteiger partial charge is 0.393 e. The predicted octanol–water partition coefficient (Wildman–Crippen LogP) is 1.84. The van der Waals surface area contributed by atoms with Crippen LogP contribution in [0.3, 0.4) is 0 Å². The molecule has 14 heavy (non-hydrogen) atoms. The third kappa shape index (κ3) is 3.13. The van der Waals surface area contributed by atoms with Gasteiger partial charge in [-0.2, -0.15) is 0 Å². The van der Waals surface area contributed by atoms with E-state index in [1.165, 1.54) is 0 Å². The fraction of sp³-hybridized carbons (Fsp3) is 0.500. The quantitative estimate of drug-likeness (QED) is 0.770. The molecule has 0 bridgehead atoms. The highest BCUT2D eigenvalue weighted by molar-refractivity contribution is 5.26. The summed E-state index contributed by atoms with van der Waals surface area (Å²) >= 11 is 0. The Morgan fingerprint density at radius 3 is 2.07 bits per heavy atom. The third-order valence-electron chi connectivity index (χ3n) is 2.19. The second kappa shape index (κ2) is 4.11. The van der Waals surface area contributed by atoms with Crippen molar-refractivity contribution >= 4 is 0 Å². The van der Waals surface area contributed by atoms with Gasteiger partial charge >= 0.3 is 0 Å². The molecule has 0 aliphatic carbocycles. The molecule has 2 nitrogen and oxygen atoms in total. The lowest BCUT2D eigenvalue weighted by atomic mass is 9.96. The number of aliphatic hydroxyl groups is 2. The first-order valence-corrected chi connectivity index (χ1v) is 4.89. The molecule has 0 aliphatic rings. The molecule has 1 atom stereocenters. The molecule has 1 aromatic rings. The van der Waals surface area contributed by atoms with Crippen molar-refractivity contribution in [1.29, 1.82) is 0 Å². The molecular weight excluding hydrogens is 176 g/mol. The number of rotatable bonds is 3. The summed E-state index contributed by atoms with van der Waals surface area (Å²) in [4.78, 5) is 0. The van der Waals surface area contributed by atoms with Gasteiger partial charge in [0.15, 0.2) is 0 Å². The molecule has 0 fully saturated rings. The van der Waals surface area contributed by atoms with E-state index in [2.05, 4.69) is 0 Å². The van der Waals surface area contributed by atoms with Gasteiger partial charge in [0.1, 0.15) is 0 Å². The van der Waals surface area contributed by atoms with E-state index < -0.39 is 5.60 Å². The normalized spacial score (nSPS) is 14.1. The van der Waals surface area contributed by atoms with Crippen LogP contribution in [0.25, 0.3) is 0 Å². The molecule has 2 heteroatoms. The standard InChI is InChI=1S/C12H18O2/c1-9(13)8-10-4-6-11(7-5-10)12(2,3)14/h4-7,9,13-14H,8H2,1-3H3. The number of hydrogen-bond donors (Lipinski definition) is 2. The van der Waals surface area contributed by atoms with Crippen LogP contribution < -0.4 is 0 Å². The van der Waals surface area contributed by atoms with Crippen molar-refractivity contribution in [3.8, 4) is 0 Å². The first-order valence-electron chi connectivity index (χ1n) is 4.89. The molecule has 1 rings (SSSR count).